The molecule has 4 heterocycles. The second kappa shape index (κ2) is 10.3. The number of halogens is 1. The fraction of sp³-hybridized carbons (Fsp3) is 0.280. The maximum atomic E-state index is 13.1. The first-order chi connectivity index (χ1) is 17.5. The molecule has 11 heteroatoms. The summed E-state index contributed by atoms with van der Waals surface area (Å²) in [7, 11) is 0. The van der Waals surface area contributed by atoms with Crippen LogP contribution in [0.3, 0.4) is 0 Å². The van der Waals surface area contributed by atoms with Crippen molar-refractivity contribution in [2.45, 2.75) is 26.3 Å². The number of nitrogens with zero attached hydrogens (tertiary/aromatic N) is 5. The number of benzene rings is 1. The Morgan fingerprint density at radius 1 is 1.14 bits per heavy atom. The van der Waals surface area contributed by atoms with Gasteiger partial charge >= 0.3 is 11.8 Å². The van der Waals surface area contributed by atoms with Gasteiger partial charge in [0.25, 0.3) is 0 Å². The van der Waals surface area contributed by atoms with Gasteiger partial charge < -0.3 is 14.6 Å². The molecule has 184 valence electrons. The van der Waals surface area contributed by atoms with E-state index < -0.39 is 0 Å². The van der Waals surface area contributed by atoms with Crippen LogP contribution in [0, 0.1) is 18.7 Å². The molecule has 3 aromatic heterocycles. The van der Waals surface area contributed by atoms with Crippen LogP contribution < -0.4 is 5.32 Å². The number of aryl methyl sites for hydroxylation is 1. The number of likely N-dealkylation sites (tertiary alicyclic amines) is 1. The second-order valence-electron chi connectivity index (χ2n) is 8.50. The minimum Gasteiger partial charge on any atom is -0.417 e. The van der Waals surface area contributed by atoms with Gasteiger partial charge in [-0.3, -0.25) is 14.6 Å². The average Bonchev–Trinajstić information content (AvgIpc) is 3.57. The number of piperidine rings is 1. The monoisotopic (exact) mass is 506 g/mol. The van der Waals surface area contributed by atoms with Gasteiger partial charge in [-0.05, 0) is 49.2 Å². The lowest BCUT2D eigenvalue weighted by Gasteiger charge is -2.31. The summed E-state index contributed by atoms with van der Waals surface area (Å²) >= 11 is 1.45. The van der Waals surface area contributed by atoms with E-state index in [1.807, 2.05) is 17.5 Å². The van der Waals surface area contributed by atoms with Crippen molar-refractivity contribution >= 4 is 23.2 Å². The normalized spacial score (nSPS) is 15.6. The van der Waals surface area contributed by atoms with Crippen molar-refractivity contribution < 1.29 is 18.4 Å². The summed E-state index contributed by atoms with van der Waals surface area (Å²) in [4.78, 5) is 36.1. The van der Waals surface area contributed by atoms with Crippen molar-refractivity contribution in [3.63, 3.8) is 0 Å². The molecule has 1 atom stereocenters. The molecule has 1 aliphatic rings. The fourth-order valence-electron chi connectivity index (χ4n) is 4.06. The number of aromatic nitrogens is 4. The Morgan fingerprint density at radius 2 is 1.94 bits per heavy atom. The third-order valence-electron chi connectivity index (χ3n) is 5.95. The van der Waals surface area contributed by atoms with Crippen LogP contribution in [0.15, 0.2) is 52.4 Å². The van der Waals surface area contributed by atoms with Crippen molar-refractivity contribution in [1.82, 2.24) is 30.4 Å². The molecule has 0 bridgehead atoms. The van der Waals surface area contributed by atoms with Gasteiger partial charge in [0.05, 0.1) is 23.9 Å². The Bertz CT molecular complexity index is 1370. The van der Waals surface area contributed by atoms with E-state index in [1.165, 1.54) is 23.5 Å². The van der Waals surface area contributed by atoms with Crippen molar-refractivity contribution in [2.75, 3.05) is 13.1 Å². The van der Waals surface area contributed by atoms with Gasteiger partial charge in [0.2, 0.25) is 11.8 Å². The Labute approximate surface area is 210 Å². The lowest BCUT2D eigenvalue weighted by Crippen LogP contribution is -2.45. The van der Waals surface area contributed by atoms with E-state index in [-0.39, 0.29) is 29.4 Å². The molecule has 1 aliphatic heterocycles. The largest absolute Gasteiger partial charge is 0.417 e. The molecule has 4 aromatic rings. The van der Waals surface area contributed by atoms with Crippen LogP contribution in [0.1, 0.15) is 34.4 Å². The highest BCUT2D eigenvalue weighted by Gasteiger charge is 2.31. The number of hydrogen-bond acceptors (Lipinski definition) is 8. The molecular weight excluding hydrogens is 483 g/mol. The summed E-state index contributed by atoms with van der Waals surface area (Å²) in [5, 5.41) is 13.1. The maximum absolute atomic E-state index is 13.1. The van der Waals surface area contributed by atoms with Gasteiger partial charge in [-0.1, -0.05) is 0 Å². The number of carbonyl (C=O) groups is 2. The van der Waals surface area contributed by atoms with Crippen LogP contribution >= 0.6 is 11.3 Å². The van der Waals surface area contributed by atoms with E-state index in [2.05, 4.69) is 25.5 Å². The number of thiazole rings is 1. The lowest BCUT2D eigenvalue weighted by molar-refractivity contribution is -0.126. The third kappa shape index (κ3) is 5.30. The summed E-state index contributed by atoms with van der Waals surface area (Å²) < 4.78 is 18.4. The van der Waals surface area contributed by atoms with Crippen molar-refractivity contribution in [3.8, 4) is 22.5 Å². The Balaban J connectivity index is 1.16. The minimum atomic E-state index is -0.350. The van der Waals surface area contributed by atoms with Gasteiger partial charge in [0, 0.05) is 42.7 Å². The quantitative estimate of drug-likeness (QED) is 0.422. The zero-order valence-electron chi connectivity index (χ0n) is 19.5. The number of nitrogens with one attached hydrogen (secondary N) is 1. The first-order valence-electron chi connectivity index (χ1n) is 11.5. The molecule has 2 amide bonds. The first kappa shape index (κ1) is 23.7. The molecule has 1 saturated heterocycles. The van der Waals surface area contributed by atoms with E-state index in [1.54, 1.807) is 30.2 Å². The van der Waals surface area contributed by atoms with Gasteiger partial charge in [0.1, 0.15) is 10.8 Å². The van der Waals surface area contributed by atoms with Crippen molar-refractivity contribution in [3.05, 3.63) is 70.6 Å². The standard InChI is InChI=1S/C25H23FN6O3S/c1-15-30-31-24(35-15)25(34)32-10-2-3-18(13-32)23(33)28-12-22-29-21(14-36-22)17-6-9-20(27-11-17)16-4-7-19(26)8-5-16/h4-9,11,14,18H,2-3,10,12-13H2,1H3,(H,28,33)/t18-/m0/s1. The number of rotatable bonds is 6. The predicted octanol–water partition coefficient (Wildman–Crippen LogP) is 3.87. The van der Waals surface area contributed by atoms with Gasteiger partial charge in [0.15, 0.2) is 0 Å². The summed E-state index contributed by atoms with van der Waals surface area (Å²) in [6.45, 7) is 2.78. The van der Waals surface area contributed by atoms with E-state index in [0.29, 0.717) is 31.9 Å². The predicted molar refractivity (Wildman–Crippen MR) is 130 cm³/mol. The summed E-state index contributed by atoms with van der Waals surface area (Å²) in [5.41, 5.74) is 3.20. The highest BCUT2D eigenvalue weighted by Crippen LogP contribution is 2.25. The molecule has 5 rings (SSSR count). The molecule has 1 aromatic carbocycles. The Hall–Kier alpha value is -3.99. The Kier molecular flexibility index (Phi) is 6.81. The van der Waals surface area contributed by atoms with Crippen LogP contribution in [0.5, 0.6) is 0 Å². The highest BCUT2D eigenvalue weighted by molar-refractivity contribution is 7.09. The smallest absolute Gasteiger partial charge is 0.311 e. The second-order valence-corrected chi connectivity index (χ2v) is 9.44. The van der Waals surface area contributed by atoms with E-state index >= 15 is 0 Å². The highest BCUT2D eigenvalue weighted by atomic mass is 32.1. The van der Waals surface area contributed by atoms with Crippen LogP contribution in [-0.2, 0) is 11.3 Å². The minimum absolute atomic E-state index is 0.0518. The molecule has 0 unspecified atom stereocenters. The topological polar surface area (TPSA) is 114 Å². The third-order valence-corrected chi connectivity index (χ3v) is 6.80. The van der Waals surface area contributed by atoms with E-state index in [0.717, 1.165) is 33.9 Å². The zero-order chi connectivity index (χ0) is 25.1. The fourth-order valence-corrected chi connectivity index (χ4v) is 4.81. The summed E-state index contributed by atoms with van der Waals surface area (Å²) in [5.74, 6) is -0.788. The van der Waals surface area contributed by atoms with Crippen LogP contribution in [0.25, 0.3) is 22.5 Å². The average molecular weight is 507 g/mol. The molecule has 1 N–H and O–H groups in total. The molecule has 0 radical (unpaired) electrons. The van der Waals surface area contributed by atoms with Crippen LogP contribution in [-0.4, -0.2) is 50.0 Å². The van der Waals surface area contributed by atoms with Gasteiger partial charge in [-0.25, -0.2) is 9.37 Å². The van der Waals surface area contributed by atoms with Gasteiger partial charge in [-0.2, -0.15) is 0 Å². The molecule has 1 fully saturated rings. The zero-order valence-corrected chi connectivity index (χ0v) is 20.3. The number of hydrogen-bond donors (Lipinski definition) is 1. The molecule has 9 nitrogen and oxygen atoms in total. The SMILES string of the molecule is Cc1nnc(C(=O)N2CCC[C@H](C(=O)NCc3nc(-c4ccc(-c5ccc(F)cc5)nc4)cs3)C2)o1. The summed E-state index contributed by atoms with van der Waals surface area (Å²) in [6, 6.07) is 9.98. The molecular formula is C25H23FN6O3S. The van der Waals surface area contributed by atoms with E-state index in [9.17, 15) is 14.0 Å². The lowest BCUT2D eigenvalue weighted by atomic mass is 9.97. The summed E-state index contributed by atoms with van der Waals surface area (Å²) in [6.07, 6.45) is 3.15. The van der Waals surface area contributed by atoms with E-state index in [4.69, 9.17) is 4.42 Å². The van der Waals surface area contributed by atoms with Crippen molar-refractivity contribution in [2.24, 2.45) is 5.92 Å². The van der Waals surface area contributed by atoms with Crippen LogP contribution in [0.4, 0.5) is 4.39 Å². The Morgan fingerprint density at radius 3 is 2.67 bits per heavy atom. The molecule has 0 saturated carbocycles. The van der Waals surface area contributed by atoms with Crippen molar-refractivity contribution in [1.29, 1.82) is 0 Å². The van der Waals surface area contributed by atoms with Crippen LogP contribution in [0.2, 0.25) is 0 Å². The maximum Gasteiger partial charge on any atom is 0.311 e. The van der Waals surface area contributed by atoms with Gasteiger partial charge in [-0.15, -0.1) is 21.5 Å². The molecule has 0 spiro atoms. The molecule has 0 aliphatic carbocycles. The number of pyridine rings is 1. The first-order valence-corrected chi connectivity index (χ1v) is 12.4. The molecule has 36 heavy (non-hydrogen) atoms. The number of carbonyl (C=O) groups excluding carboxylic acids is 2. The number of amides is 2.